The molecule has 0 aliphatic carbocycles. The molecule has 0 saturated heterocycles. The number of nitrogens with two attached hydrogens (primary N) is 1. The van der Waals surface area contributed by atoms with Gasteiger partial charge in [0.05, 0.1) is 22.7 Å². The molecule has 0 saturated carbocycles. The lowest BCUT2D eigenvalue weighted by molar-refractivity contribution is 0.101. The first-order valence-corrected chi connectivity index (χ1v) is 12.2. The fourth-order valence-electron chi connectivity index (χ4n) is 4.15. The number of carbonyl (C=O) groups is 3. The maximum atomic E-state index is 13.0. The molecule has 3 aromatic heterocycles. The van der Waals surface area contributed by atoms with Gasteiger partial charge in [0, 0.05) is 43.1 Å². The van der Waals surface area contributed by atoms with Gasteiger partial charge in [-0.15, -0.1) is 0 Å². The number of carbonyl (C=O) groups excluding carboxylic acids is 3. The van der Waals surface area contributed by atoms with E-state index in [1.54, 1.807) is 78.2 Å². The van der Waals surface area contributed by atoms with E-state index in [1.807, 2.05) is 24.3 Å². The number of hydrogen-bond donors (Lipinski definition) is 4. The molecule has 5 aromatic rings. The second-order valence-electron chi connectivity index (χ2n) is 8.96. The Hall–Kier alpha value is -5.09. The van der Waals surface area contributed by atoms with Crippen molar-refractivity contribution in [1.82, 2.24) is 14.1 Å². The molecule has 0 spiro atoms. The largest absolute Gasteiger partial charge is 0.397 e. The monoisotopic (exact) mass is 541 g/mol. The molecule has 196 valence electrons. The normalized spacial score (nSPS) is 10.8. The maximum Gasteiger partial charge on any atom is 0.274 e. The van der Waals surface area contributed by atoms with Crippen molar-refractivity contribution in [2.75, 3.05) is 21.7 Å². The van der Waals surface area contributed by atoms with Gasteiger partial charge in [-0.25, -0.2) is 0 Å². The molecule has 0 radical (unpaired) electrons. The SMILES string of the molecule is Cn1cc(NC(=O)c2cc3ccccc3cn2)cc1C(=O)Nc1cc(C(=O)Nc2ccc(Cl)cc2N)n(C)c1. The zero-order chi connectivity index (χ0) is 27.7. The Bertz CT molecular complexity index is 1760. The summed E-state index contributed by atoms with van der Waals surface area (Å²) in [7, 11) is 3.38. The smallest absolute Gasteiger partial charge is 0.274 e. The lowest BCUT2D eigenvalue weighted by Gasteiger charge is -2.08. The van der Waals surface area contributed by atoms with E-state index in [1.165, 1.54) is 0 Å². The summed E-state index contributed by atoms with van der Waals surface area (Å²) in [5.74, 6) is -1.21. The van der Waals surface area contributed by atoms with Gasteiger partial charge in [0.2, 0.25) is 0 Å². The highest BCUT2D eigenvalue weighted by atomic mass is 35.5. The number of amides is 3. The zero-order valence-corrected chi connectivity index (χ0v) is 21.8. The molecular weight excluding hydrogens is 518 g/mol. The Morgan fingerprint density at radius 3 is 2.00 bits per heavy atom. The minimum Gasteiger partial charge on any atom is -0.397 e. The van der Waals surface area contributed by atoms with Crippen LogP contribution in [0.4, 0.5) is 22.7 Å². The number of nitrogens with zero attached hydrogens (tertiary/aromatic N) is 3. The molecule has 11 heteroatoms. The highest BCUT2D eigenvalue weighted by Crippen LogP contribution is 2.24. The number of aryl methyl sites for hydroxylation is 2. The highest BCUT2D eigenvalue weighted by molar-refractivity contribution is 6.31. The number of nitrogen functional groups attached to an aromatic ring is 1. The summed E-state index contributed by atoms with van der Waals surface area (Å²) in [5.41, 5.74) is 8.43. The van der Waals surface area contributed by atoms with Gasteiger partial charge in [0.15, 0.2) is 0 Å². The van der Waals surface area contributed by atoms with Gasteiger partial charge in [-0.05, 0) is 41.8 Å². The molecule has 0 unspecified atom stereocenters. The molecule has 3 amide bonds. The Balaban J connectivity index is 1.27. The van der Waals surface area contributed by atoms with Crippen LogP contribution < -0.4 is 21.7 Å². The number of rotatable bonds is 6. The summed E-state index contributed by atoms with van der Waals surface area (Å²) in [5, 5.41) is 10.6. The van der Waals surface area contributed by atoms with Gasteiger partial charge in [-0.2, -0.15) is 0 Å². The molecule has 0 bridgehead atoms. The van der Waals surface area contributed by atoms with E-state index in [0.717, 1.165) is 10.8 Å². The van der Waals surface area contributed by atoms with E-state index in [2.05, 4.69) is 20.9 Å². The molecule has 10 nitrogen and oxygen atoms in total. The predicted octanol–water partition coefficient (Wildman–Crippen LogP) is 4.90. The minimum atomic E-state index is -0.415. The summed E-state index contributed by atoms with van der Waals surface area (Å²) in [4.78, 5) is 42.8. The third kappa shape index (κ3) is 5.46. The van der Waals surface area contributed by atoms with Crippen LogP contribution in [-0.2, 0) is 14.1 Å². The van der Waals surface area contributed by atoms with Crippen molar-refractivity contribution in [3.63, 3.8) is 0 Å². The van der Waals surface area contributed by atoms with E-state index in [-0.39, 0.29) is 5.69 Å². The van der Waals surface area contributed by atoms with E-state index in [0.29, 0.717) is 39.2 Å². The van der Waals surface area contributed by atoms with Crippen LogP contribution in [0.25, 0.3) is 10.8 Å². The molecule has 0 aliphatic heterocycles. The number of nitrogens with one attached hydrogen (secondary N) is 3. The Kier molecular flexibility index (Phi) is 6.78. The average molecular weight is 542 g/mol. The first-order valence-electron chi connectivity index (χ1n) is 11.8. The fourth-order valence-corrected chi connectivity index (χ4v) is 4.33. The molecule has 5 rings (SSSR count). The van der Waals surface area contributed by atoms with Gasteiger partial charge in [0.1, 0.15) is 17.1 Å². The predicted molar refractivity (Wildman–Crippen MR) is 152 cm³/mol. The Labute approximate surface area is 228 Å². The molecule has 0 atom stereocenters. The standard InChI is InChI=1S/C28H24ClN7O3/c1-35-14-19(32-26(37)23-9-16-5-3-4-6-17(16)13-31-23)11-24(35)27(38)33-20-12-25(36(2)15-20)28(39)34-22-8-7-18(29)10-21(22)30/h3-15H,30H2,1-2H3,(H,32,37)(H,33,38)(H,34,39). The first kappa shape index (κ1) is 25.6. The third-order valence-electron chi connectivity index (χ3n) is 6.12. The van der Waals surface area contributed by atoms with E-state index < -0.39 is 17.7 Å². The van der Waals surface area contributed by atoms with Gasteiger partial charge in [-0.3, -0.25) is 19.4 Å². The van der Waals surface area contributed by atoms with Crippen LogP contribution in [0.3, 0.4) is 0 Å². The molecule has 0 aliphatic rings. The lowest BCUT2D eigenvalue weighted by atomic mass is 10.1. The van der Waals surface area contributed by atoms with Crippen LogP contribution in [0.2, 0.25) is 5.02 Å². The van der Waals surface area contributed by atoms with Crippen LogP contribution in [0.1, 0.15) is 31.5 Å². The van der Waals surface area contributed by atoms with Crippen molar-refractivity contribution >= 4 is 62.8 Å². The quantitative estimate of drug-likeness (QED) is 0.227. The Morgan fingerprint density at radius 1 is 0.769 bits per heavy atom. The van der Waals surface area contributed by atoms with E-state index in [9.17, 15) is 14.4 Å². The second kappa shape index (κ2) is 10.3. The summed E-state index contributed by atoms with van der Waals surface area (Å²) >= 11 is 5.92. The van der Waals surface area contributed by atoms with E-state index >= 15 is 0 Å². The topological polar surface area (TPSA) is 136 Å². The van der Waals surface area contributed by atoms with Gasteiger partial charge in [-0.1, -0.05) is 35.9 Å². The maximum absolute atomic E-state index is 13.0. The van der Waals surface area contributed by atoms with Crippen LogP contribution in [0.15, 0.2) is 79.3 Å². The molecule has 5 N–H and O–H groups in total. The first-order chi connectivity index (χ1) is 18.7. The molecule has 39 heavy (non-hydrogen) atoms. The molecule has 0 fully saturated rings. The van der Waals surface area contributed by atoms with Gasteiger partial charge >= 0.3 is 0 Å². The number of pyridine rings is 1. The summed E-state index contributed by atoms with van der Waals surface area (Å²) < 4.78 is 3.18. The van der Waals surface area contributed by atoms with Crippen molar-refractivity contribution in [2.45, 2.75) is 0 Å². The van der Waals surface area contributed by atoms with Crippen molar-refractivity contribution in [2.24, 2.45) is 14.1 Å². The summed E-state index contributed by atoms with van der Waals surface area (Å²) in [6, 6.07) is 17.2. The van der Waals surface area contributed by atoms with Crippen LogP contribution in [-0.4, -0.2) is 31.8 Å². The Morgan fingerprint density at radius 2 is 1.36 bits per heavy atom. The van der Waals surface area contributed by atoms with E-state index in [4.69, 9.17) is 17.3 Å². The second-order valence-corrected chi connectivity index (χ2v) is 9.40. The van der Waals surface area contributed by atoms with Crippen molar-refractivity contribution in [3.8, 4) is 0 Å². The van der Waals surface area contributed by atoms with Crippen molar-refractivity contribution in [1.29, 1.82) is 0 Å². The number of aromatic nitrogens is 3. The van der Waals surface area contributed by atoms with Gasteiger partial charge in [0.25, 0.3) is 17.7 Å². The third-order valence-corrected chi connectivity index (χ3v) is 6.35. The molecule has 3 heterocycles. The van der Waals surface area contributed by atoms with Crippen LogP contribution in [0.5, 0.6) is 0 Å². The minimum absolute atomic E-state index is 0.263. The van der Waals surface area contributed by atoms with Crippen LogP contribution >= 0.6 is 11.6 Å². The number of hydrogen-bond acceptors (Lipinski definition) is 5. The fraction of sp³-hybridized carbons (Fsp3) is 0.0714. The highest BCUT2D eigenvalue weighted by Gasteiger charge is 2.18. The average Bonchev–Trinajstić information content (AvgIpc) is 3.46. The van der Waals surface area contributed by atoms with Crippen LogP contribution in [0, 0.1) is 0 Å². The molecular formula is C28H24ClN7O3. The summed E-state index contributed by atoms with van der Waals surface area (Å²) in [6.45, 7) is 0. The number of anilines is 4. The molecule has 2 aromatic carbocycles. The lowest BCUT2D eigenvalue weighted by Crippen LogP contribution is -2.16. The number of fused-ring (bicyclic) bond motifs is 1. The number of benzene rings is 2. The van der Waals surface area contributed by atoms with Gasteiger partial charge < -0.3 is 30.8 Å². The van der Waals surface area contributed by atoms with Crippen molar-refractivity contribution < 1.29 is 14.4 Å². The number of halogens is 1. The van der Waals surface area contributed by atoms with Crippen molar-refractivity contribution in [3.05, 3.63) is 101 Å². The summed E-state index contributed by atoms with van der Waals surface area (Å²) in [6.07, 6.45) is 4.90. The zero-order valence-electron chi connectivity index (χ0n) is 21.0.